The SMILES string of the molecule is O=C(O[C@@H]1O[C@H]2COC(=O)c3cc(O)c(O)c(O)c3-c3c(cc(Oc4c(C(=O)O)cc(O)c(O)c4O)c(O)c3O)C(=O)O[C@H]3[C@@H]1OC(=O)c1cc(O)c(O)c4c1[C@H]1[C@@](O)(O4)[C@]4(O)O[C@@]5(C(=O)O[C@@H]6[C@@H](O)CO[C@@]65O)[C@]1(CC4=O)C(=O)O[C@H]32)c1cc(O)c(O)c(O)c1. The lowest BCUT2D eigenvalue weighted by atomic mass is 9.47. The summed E-state index contributed by atoms with van der Waals surface area (Å²) in [4.78, 5) is 118. The molecule has 8 heterocycles. The summed E-state index contributed by atoms with van der Waals surface area (Å²) < 4.78 is 62.8. The van der Waals surface area contributed by atoms with Gasteiger partial charge in [0.2, 0.25) is 52.5 Å². The van der Waals surface area contributed by atoms with E-state index in [1.807, 2.05) is 0 Å². The molecule has 476 valence electrons. The Kier molecular flexibility index (Phi) is 12.2. The number of carbonyl (C=O) groups is 8. The van der Waals surface area contributed by atoms with Crippen molar-refractivity contribution in [1.82, 2.24) is 0 Å². The van der Waals surface area contributed by atoms with Crippen molar-refractivity contribution >= 4 is 47.6 Å². The average molecular weight is 1280 g/mol. The average Bonchev–Trinajstić information content (AvgIpc) is 1.52. The van der Waals surface area contributed by atoms with Crippen LogP contribution in [0.2, 0.25) is 0 Å². The van der Waals surface area contributed by atoms with Crippen LogP contribution in [-0.4, -0.2) is 219 Å². The molecule has 1 saturated carbocycles. The van der Waals surface area contributed by atoms with Gasteiger partial charge in [0, 0.05) is 35.2 Å². The lowest BCUT2D eigenvalue weighted by Gasteiger charge is -2.64. The number of fused-ring (bicyclic) bond motifs is 5. The van der Waals surface area contributed by atoms with E-state index in [0.29, 0.717) is 30.3 Å². The first-order chi connectivity index (χ1) is 42.7. The van der Waals surface area contributed by atoms with Gasteiger partial charge in [-0.25, -0.2) is 28.8 Å². The fraction of sp³-hybridized carbons (Fsp3) is 0.296. The van der Waals surface area contributed by atoms with Crippen molar-refractivity contribution in [2.45, 2.75) is 78.2 Å². The van der Waals surface area contributed by atoms with Crippen LogP contribution in [0.5, 0.6) is 92.0 Å². The summed E-state index contributed by atoms with van der Waals surface area (Å²) in [5, 5.41) is 201. The molecule has 91 heavy (non-hydrogen) atoms. The highest BCUT2D eigenvalue weighted by atomic mass is 16.8. The van der Waals surface area contributed by atoms with Gasteiger partial charge in [0.25, 0.3) is 11.6 Å². The van der Waals surface area contributed by atoms with E-state index in [1.54, 1.807) is 0 Å². The van der Waals surface area contributed by atoms with E-state index >= 15 is 14.4 Å². The zero-order valence-electron chi connectivity index (χ0n) is 44.5. The molecule has 13 atom stereocenters. The molecule has 37 heteroatoms. The van der Waals surface area contributed by atoms with Gasteiger partial charge in [0.15, 0.2) is 87.3 Å². The molecule has 5 aromatic carbocycles. The summed E-state index contributed by atoms with van der Waals surface area (Å²) in [6, 6.07) is 2.07. The fourth-order valence-corrected chi connectivity index (χ4v) is 12.7. The van der Waals surface area contributed by atoms with Crippen LogP contribution >= 0.6 is 0 Å². The standard InChI is InChI=1S/C54H38O37/c55-15-1-10(2-16(56)27(15)62)43(72)89-47-39-38-36(87-48(76)50-7-23(61)52(78,91-51(50)49(77)88-41-20(60)8-82-54(41,51)80)53(79)40(50)26-12(45(74)86-39)4-19(59)30(65)37(26)90-53)22(84-47)9-81-44(73)11-3-17(57)28(63)32(67)24(11)25-13(46(75)85-38)6-21(31(66)33(25)68)83-35-14(42(70)71)5-18(58)29(64)34(35)69/h1-6,20,22,36,38-41,47,55-60,62-69,78-80H,7-9H2,(H,70,71)/t20-,22-,36-,38+,39-,40+,41+,47-,50-,51-,52+,53+,54-/m0/s1. The van der Waals surface area contributed by atoms with Gasteiger partial charge >= 0.3 is 41.8 Å². The number of Topliss-reactive ketones (excluding diaryl/α,β-unsaturated/α-hetero) is 1. The molecular weight excluding hydrogens is 1240 g/mol. The van der Waals surface area contributed by atoms with Crippen molar-refractivity contribution in [2.24, 2.45) is 5.41 Å². The van der Waals surface area contributed by atoms with Gasteiger partial charge in [-0.15, -0.1) is 0 Å². The molecule has 6 bridgehead atoms. The Morgan fingerprint density at radius 1 is 0.571 bits per heavy atom. The molecule has 0 amide bonds. The van der Waals surface area contributed by atoms with Gasteiger partial charge in [0.05, 0.1) is 34.8 Å². The second kappa shape index (κ2) is 18.9. The Hall–Kier alpha value is -11.2. The molecule has 18 N–H and O–H groups in total. The quantitative estimate of drug-likeness (QED) is 0.0516. The zero-order chi connectivity index (χ0) is 65.7. The summed E-state index contributed by atoms with van der Waals surface area (Å²) in [5.74, 6) is -54.0. The molecule has 1 aliphatic carbocycles. The molecule has 14 rings (SSSR count). The third-order valence-electron chi connectivity index (χ3n) is 16.8. The molecule has 0 radical (unpaired) electrons. The maximum atomic E-state index is 16.4. The van der Waals surface area contributed by atoms with Crippen molar-refractivity contribution in [1.29, 1.82) is 0 Å². The number of aromatic carboxylic acids is 1. The molecule has 6 fully saturated rings. The largest absolute Gasteiger partial charge is 0.504 e. The van der Waals surface area contributed by atoms with Crippen molar-refractivity contribution < 1.29 is 182 Å². The number of benzene rings is 5. The van der Waals surface area contributed by atoms with E-state index in [9.17, 15) is 116 Å². The lowest BCUT2D eigenvalue weighted by molar-refractivity contribution is -0.459. The number of hydrogen-bond donors (Lipinski definition) is 18. The Morgan fingerprint density at radius 2 is 1.15 bits per heavy atom. The number of ether oxygens (including phenoxy) is 11. The van der Waals surface area contributed by atoms with Gasteiger partial charge in [-0.05, 0) is 24.3 Å². The number of phenolic OH excluding ortho intramolecular Hbond substituents is 13. The molecule has 37 nitrogen and oxygen atoms in total. The summed E-state index contributed by atoms with van der Waals surface area (Å²) in [7, 11) is 0. The monoisotopic (exact) mass is 1280 g/mol. The normalized spacial score (nSPS) is 31.5. The van der Waals surface area contributed by atoms with Crippen LogP contribution in [0.4, 0.5) is 0 Å². The number of aliphatic hydroxyl groups excluding tert-OH is 1. The number of carboxylic acid groups (broad SMARTS) is 1. The van der Waals surface area contributed by atoms with Crippen LogP contribution in [0, 0.1) is 5.41 Å². The van der Waals surface area contributed by atoms with Crippen molar-refractivity contribution in [2.75, 3.05) is 13.2 Å². The van der Waals surface area contributed by atoms with Crippen LogP contribution in [-0.2, 0) is 57.0 Å². The van der Waals surface area contributed by atoms with Gasteiger partial charge in [0.1, 0.15) is 29.8 Å². The highest BCUT2D eigenvalue weighted by Crippen LogP contribution is 2.76. The zero-order valence-corrected chi connectivity index (χ0v) is 44.5. The van der Waals surface area contributed by atoms with E-state index in [4.69, 9.17) is 52.1 Å². The van der Waals surface area contributed by atoms with Crippen molar-refractivity contribution in [3.63, 3.8) is 0 Å². The van der Waals surface area contributed by atoms with Crippen LogP contribution < -0.4 is 9.47 Å². The summed E-state index contributed by atoms with van der Waals surface area (Å²) >= 11 is 0. The predicted octanol–water partition coefficient (Wildman–Crippen LogP) is -1.97. The Labute approximate surface area is 498 Å². The molecule has 8 aliphatic heterocycles. The number of carboxylic acids is 1. The summed E-state index contributed by atoms with van der Waals surface area (Å²) in [5.41, 5.74) is -17.8. The summed E-state index contributed by atoms with van der Waals surface area (Å²) in [6.45, 7) is -2.61. The van der Waals surface area contributed by atoms with Gasteiger partial charge in [-0.2, -0.15) is 0 Å². The first-order valence-electron chi connectivity index (χ1n) is 25.9. The number of rotatable bonds is 5. The maximum absolute atomic E-state index is 16.4. The number of aliphatic hydroxyl groups is 4. The minimum atomic E-state index is -4.12. The number of cyclic esters (lactones) is 1. The smallest absolute Gasteiger partial charge is 0.346 e. The van der Waals surface area contributed by atoms with E-state index in [0.717, 1.165) is 0 Å². The first kappa shape index (κ1) is 58.8. The van der Waals surface area contributed by atoms with Gasteiger partial charge in [-0.1, -0.05) is 0 Å². The topological polar surface area (TPSA) is 602 Å². The van der Waals surface area contributed by atoms with E-state index in [-0.39, 0.29) is 6.07 Å². The highest BCUT2D eigenvalue weighted by Gasteiger charge is 2.97. The van der Waals surface area contributed by atoms with E-state index < -0.39 is 281 Å². The first-order valence-corrected chi connectivity index (χ1v) is 25.9. The number of phenols is 13. The number of carbonyl (C=O) groups excluding carboxylic acids is 7. The minimum Gasteiger partial charge on any atom is -0.504 e. The minimum absolute atomic E-state index is 0.223. The molecular formula is C54H38O37. The third-order valence-corrected chi connectivity index (χ3v) is 16.8. The third kappa shape index (κ3) is 7.38. The van der Waals surface area contributed by atoms with Gasteiger partial charge < -0.3 is 144 Å². The Bertz CT molecular complexity index is 4230. The number of ketones is 1. The fourth-order valence-electron chi connectivity index (χ4n) is 12.7. The number of hydrogen-bond acceptors (Lipinski definition) is 36. The summed E-state index contributed by atoms with van der Waals surface area (Å²) in [6.07, 6.45) is -20.5. The maximum Gasteiger partial charge on any atom is 0.346 e. The second-order valence-corrected chi connectivity index (χ2v) is 21.6. The van der Waals surface area contributed by atoms with E-state index in [2.05, 4.69) is 0 Å². The highest BCUT2D eigenvalue weighted by molar-refractivity contribution is 6.09. The van der Waals surface area contributed by atoms with Crippen LogP contribution in [0.15, 0.2) is 36.4 Å². The molecule has 5 saturated heterocycles. The lowest BCUT2D eigenvalue weighted by Crippen LogP contribution is -2.88. The number of esters is 6. The molecule has 0 unspecified atom stereocenters. The van der Waals surface area contributed by atoms with Crippen molar-refractivity contribution in [3.8, 4) is 103 Å². The van der Waals surface area contributed by atoms with E-state index in [1.165, 1.54) is 0 Å². The van der Waals surface area contributed by atoms with Crippen LogP contribution in [0.1, 0.15) is 69.7 Å². The van der Waals surface area contributed by atoms with Crippen LogP contribution in [0.3, 0.4) is 0 Å². The number of aromatic hydroxyl groups is 13. The van der Waals surface area contributed by atoms with Crippen molar-refractivity contribution in [3.05, 3.63) is 69.8 Å². The van der Waals surface area contributed by atoms with Gasteiger partial charge in [-0.3, -0.25) is 9.59 Å². The molecule has 9 aliphatic rings. The van der Waals surface area contributed by atoms with Crippen LogP contribution in [0.25, 0.3) is 11.1 Å². The molecule has 0 aromatic heterocycles. The predicted molar refractivity (Wildman–Crippen MR) is 268 cm³/mol. The Balaban J connectivity index is 1.08. The molecule has 5 aromatic rings. The second-order valence-electron chi connectivity index (χ2n) is 21.6. The molecule has 2 spiro atoms. The Morgan fingerprint density at radius 3 is 1.82 bits per heavy atom.